The maximum absolute atomic E-state index is 10.3. The Balaban J connectivity index is 1.62. The van der Waals surface area contributed by atoms with Crippen molar-refractivity contribution in [2.24, 2.45) is 0 Å². The molecule has 0 unspecified atom stereocenters. The van der Waals surface area contributed by atoms with Crippen LogP contribution in [-0.4, -0.2) is 62.1 Å². The first kappa shape index (κ1) is 28.3. The van der Waals surface area contributed by atoms with Gasteiger partial charge in [-0.25, -0.2) is 0 Å². The first-order valence-corrected chi connectivity index (χ1v) is 14.1. The molecule has 0 radical (unpaired) electrons. The van der Waals surface area contributed by atoms with E-state index in [2.05, 4.69) is 32.0 Å². The molecule has 204 valence electrons. The van der Waals surface area contributed by atoms with Gasteiger partial charge < -0.3 is 28.8 Å². The lowest BCUT2D eigenvalue weighted by Crippen LogP contribution is -2.73. The van der Waals surface area contributed by atoms with E-state index in [0.29, 0.717) is 37.9 Å². The fraction of sp³-hybridized carbons (Fsp3) is 0.600. The fourth-order valence-electron chi connectivity index (χ4n) is 5.05. The second kappa shape index (κ2) is 13.4. The van der Waals surface area contributed by atoms with Crippen LogP contribution in [-0.2, 0) is 25.4 Å². The Kier molecular flexibility index (Phi) is 10.3. The maximum Gasteiger partial charge on any atom is 0.144 e. The van der Waals surface area contributed by atoms with E-state index in [1.165, 1.54) is 0 Å². The fourth-order valence-corrected chi connectivity index (χ4v) is 5.23. The van der Waals surface area contributed by atoms with E-state index in [0.717, 1.165) is 48.1 Å². The highest BCUT2D eigenvalue weighted by molar-refractivity contribution is 6.31. The van der Waals surface area contributed by atoms with Gasteiger partial charge in [-0.15, -0.1) is 0 Å². The Morgan fingerprint density at radius 2 is 1.68 bits per heavy atom. The van der Waals surface area contributed by atoms with Gasteiger partial charge in [-0.2, -0.15) is 0 Å². The molecule has 2 aliphatic heterocycles. The van der Waals surface area contributed by atoms with Crippen molar-refractivity contribution in [1.82, 2.24) is 0 Å². The van der Waals surface area contributed by atoms with Crippen molar-refractivity contribution in [2.75, 3.05) is 33.0 Å². The zero-order chi connectivity index (χ0) is 26.3. The smallest absolute Gasteiger partial charge is 0.144 e. The molecule has 4 rings (SSSR count). The number of hydrogen-bond donors (Lipinski definition) is 1. The Morgan fingerprint density at radius 3 is 2.27 bits per heavy atom. The molecule has 7 heteroatoms. The lowest BCUT2D eigenvalue weighted by atomic mass is 9.79. The van der Waals surface area contributed by atoms with Crippen molar-refractivity contribution in [2.45, 2.75) is 82.9 Å². The van der Waals surface area contributed by atoms with Gasteiger partial charge in [0.1, 0.15) is 35.8 Å². The second-order valence-electron chi connectivity index (χ2n) is 9.98. The number of aliphatic hydroxyl groups is 1. The number of aliphatic hydroxyl groups excluding tert-OH is 1. The number of ether oxygens (including phenoxy) is 5. The summed E-state index contributed by atoms with van der Waals surface area (Å²) in [6, 6.07) is 14.1. The monoisotopic (exact) mass is 532 g/mol. The molecule has 0 saturated carbocycles. The number of hydrogen-bond acceptors (Lipinski definition) is 6. The average Bonchev–Trinajstić information content (AvgIpc) is 2.89. The van der Waals surface area contributed by atoms with Gasteiger partial charge in [0.05, 0.1) is 19.8 Å². The molecule has 2 saturated heterocycles. The molecular weight excluding hydrogens is 492 g/mol. The van der Waals surface area contributed by atoms with Crippen LogP contribution in [0.5, 0.6) is 5.75 Å². The summed E-state index contributed by atoms with van der Waals surface area (Å²) in [6.07, 6.45) is 3.21. The molecule has 2 aromatic carbocycles. The zero-order valence-electron chi connectivity index (χ0n) is 22.3. The van der Waals surface area contributed by atoms with Gasteiger partial charge in [-0.1, -0.05) is 62.6 Å². The van der Waals surface area contributed by atoms with Crippen LogP contribution in [0.3, 0.4) is 0 Å². The first-order valence-electron chi connectivity index (χ1n) is 13.7. The van der Waals surface area contributed by atoms with Crippen molar-refractivity contribution in [1.29, 1.82) is 0 Å². The summed E-state index contributed by atoms with van der Waals surface area (Å²) in [6.45, 7) is 8.34. The number of fused-ring (bicyclic) bond motifs is 1. The normalized spacial score (nSPS) is 26.9. The molecule has 1 N–H and O–H groups in total. The van der Waals surface area contributed by atoms with Crippen LogP contribution < -0.4 is 4.74 Å². The Hall–Kier alpha value is -1.67. The summed E-state index contributed by atoms with van der Waals surface area (Å²) in [4.78, 5) is 0. The topological polar surface area (TPSA) is 66.4 Å². The summed E-state index contributed by atoms with van der Waals surface area (Å²) in [5.74, 6) is 0.856. The molecule has 2 aromatic rings. The van der Waals surface area contributed by atoms with E-state index in [9.17, 15) is 5.11 Å². The summed E-state index contributed by atoms with van der Waals surface area (Å²) in [7, 11) is 0. The van der Waals surface area contributed by atoms with Crippen LogP contribution in [0.2, 0.25) is 5.02 Å². The average molecular weight is 533 g/mol. The molecular formula is C30H41ClO6. The van der Waals surface area contributed by atoms with Crippen LogP contribution >= 0.6 is 11.6 Å². The third-order valence-corrected chi connectivity index (χ3v) is 7.59. The van der Waals surface area contributed by atoms with Crippen LogP contribution in [0.1, 0.15) is 69.2 Å². The number of benzene rings is 2. The lowest BCUT2D eigenvalue weighted by Gasteiger charge is -2.58. The van der Waals surface area contributed by atoms with Crippen LogP contribution in [0, 0.1) is 0 Å². The van der Waals surface area contributed by atoms with E-state index in [-0.39, 0.29) is 24.9 Å². The lowest BCUT2D eigenvalue weighted by molar-refractivity contribution is -0.373. The van der Waals surface area contributed by atoms with Crippen molar-refractivity contribution in [3.8, 4) is 5.75 Å². The predicted molar refractivity (Wildman–Crippen MR) is 145 cm³/mol. The largest absolute Gasteiger partial charge is 0.494 e. The van der Waals surface area contributed by atoms with E-state index < -0.39 is 11.7 Å². The quantitative estimate of drug-likeness (QED) is 0.305. The van der Waals surface area contributed by atoms with E-state index in [1.54, 1.807) is 0 Å². The van der Waals surface area contributed by atoms with Gasteiger partial charge in [-0.3, -0.25) is 0 Å². The molecule has 0 aromatic heterocycles. The number of unbranched alkanes of at least 4 members (excludes halogenated alkanes) is 2. The maximum atomic E-state index is 10.3. The molecule has 0 bridgehead atoms. The molecule has 5 atom stereocenters. The number of halogens is 1. The van der Waals surface area contributed by atoms with Crippen molar-refractivity contribution >= 4 is 11.6 Å². The minimum atomic E-state index is -0.791. The van der Waals surface area contributed by atoms with E-state index in [4.69, 9.17) is 35.3 Å². The van der Waals surface area contributed by atoms with Crippen molar-refractivity contribution in [3.05, 3.63) is 64.2 Å². The van der Waals surface area contributed by atoms with Crippen molar-refractivity contribution in [3.63, 3.8) is 0 Å². The predicted octanol–water partition coefficient (Wildman–Crippen LogP) is 5.90. The number of rotatable bonds is 14. The Labute approximate surface area is 226 Å². The molecule has 0 spiro atoms. The molecule has 37 heavy (non-hydrogen) atoms. The first-order chi connectivity index (χ1) is 18.0. The minimum Gasteiger partial charge on any atom is -0.494 e. The van der Waals surface area contributed by atoms with Crippen LogP contribution in [0.15, 0.2) is 42.5 Å². The van der Waals surface area contributed by atoms with Gasteiger partial charge in [0.25, 0.3) is 0 Å². The molecule has 6 nitrogen and oxygen atoms in total. The van der Waals surface area contributed by atoms with Gasteiger partial charge >= 0.3 is 0 Å². The van der Waals surface area contributed by atoms with Crippen molar-refractivity contribution < 1.29 is 28.8 Å². The minimum absolute atomic E-state index is 0.129. The Morgan fingerprint density at radius 1 is 0.973 bits per heavy atom. The highest BCUT2D eigenvalue weighted by Crippen LogP contribution is 2.47. The summed E-state index contributed by atoms with van der Waals surface area (Å²) >= 11 is 6.65. The van der Waals surface area contributed by atoms with Crippen LogP contribution in [0.4, 0.5) is 0 Å². The molecule has 0 amide bonds. The molecule has 2 heterocycles. The molecule has 0 aliphatic carbocycles. The van der Waals surface area contributed by atoms with E-state index in [1.807, 2.05) is 31.2 Å². The third kappa shape index (κ3) is 6.49. The van der Waals surface area contributed by atoms with Gasteiger partial charge in [0.2, 0.25) is 0 Å². The van der Waals surface area contributed by atoms with Crippen LogP contribution in [0.25, 0.3) is 0 Å². The summed E-state index contributed by atoms with van der Waals surface area (Å²) < 4.78 is 31.0. The van der Waals surface area contributed by atoms with Gasteiger partial charge in [0, 0.05) is 18.2 Å². The van der Waals surface area contributed by atoms with Gasteiger partial charge in [-0.05, 0) is 61.1 Å². The Bertz CT molecular complexity index is 979. The van der Waals surface area contributed by atoms with Gasteiger partial charge in [0.15, 0.2) is 0 Å². The SMILES string of the molecule is CCCCO[C@@H]1[C@@H](OCCCC)[C@@H]2OC[C@]2(CO)O[C@H]1c1ccc(Cl)c(Cc2ccc(OCC)cc2)c1. The highest BCUT2D eigenvalue weighted by Gasteiger charge is 2.62. The van der Waals surface area contributed by atoms with E-state index >= 15 is 0 Å². The third-order valence-electron chi connectivity index (χ3n) is 7.22. The standard InChI is InChI=1S/C30H41ClO6/c1-4-7-15-34-27-26(37-30(19-32)20-36-29(30)28(27)35-16-8-5-2)22-11-14-25(31)23(18-22)17-21-9-12-24(13-10-21)33-6-3/h9-14,18,26-29,32H,4-8,15-17,19-20H2,1-3H3/t26-,27-,28+,29-,30-/m0/s1. The second-order valence-corrected chi connectivity index (χ2v) is 10.4. The highest BCUT2D eigenvalue weighted by atomic mass is 35.5. The summed E-state index contributed by atoms with van der Waals surface area (Å²) in [5, 5.41) is 11.1. The molecule has 2 fully saturated rings. The summed E-state index contributed by atoms with van der Waals surface area (Å²) in [5.41, 5.74) is 2.32. The zero-order valence-corrected chi connectivity index (χ0v) is 23.0. The molecule has 2 aliphatic rings.